The van der Waals surface area contributed by atoms with Gasteiger partial charge in [-0.3, -0.25) is 14.2 Å². The molecule has 0 fully saturated rings. The molecule has 8 nitrogen and oxygen atoms in total. The summed E-state index contributed by atoms with van der Waals surface area (Å²) in [7, 11) is 1.63. The number of hydrogen-bond donors (Lipinski definition) is 1. The van der Waals surface area contributed by atoms with Crippen LogP contribution >= 0.6 is 15.9 Å². The Balaban J connectivity index is 2.13. The molecule has 2 aromatic rings. The molecule has 1 N–H and O–H groups in total. The Kier molecular flexibility index (Phi) is 4.96. The van der Waals surface area contributed by atoms with Crippen LogP contribution in [0, 0.1) is 6.92 Å². The van der Waals surface area contributed by atoms with Crippen molar-refractivity contribution in [1.82, 2.24) is 19.6 Å². The monoisotopic (exact) mass is 369 g/mol. The highest BCUT2D eigenvalue weighted by Crippen LogP contribution is 2.17. The van der Waals surface area contributed by atoms with Crippen molar-refractivity contribution >= 4 is 33.6 Å². The number of carbonyl (C=O) groups excluding carboxylic acids is 2. The predicted octanol–water partition coefficient (Wildman–Crippen LogP) is 1.50. The number of ether oxygens (including phenoxy) is 1. The Hall–Kier alpha value is -2.16. The first-order chi connectivity index (χ1) is 10.4. The quantitative estimate of drug-likeness (QED) is 0.806. The summed E-state index contributed by atoms with van der Waals surface area (Å²) in [5, 5.41) is 10.7. The number of anilines is 1. The van der Waals surface area contributed by atoms with E-state index in [1.165, 1.54) is 10.9 Å². The number of rotatable bonds is 5. The molecule has 0 aliphatic heterocycles. The summed E-state index contributed by atoms with van der Waals surface area (Å²) in [6, 6.07) is 0. The molecule has 1 amide bonds. The molecule has 2 heterocycles. The maximum atomic E-state index is 12.1. The lowest BCUT2D eigenvalue weighted by atomic mass is 10.3. The molecule has 9 heteroatoms. The second-order valence-corrected chi connectivity index (χ2v) is 5.39. The van der Waals surface area contributed by atoms with Crippen molar-refractivity contribution in [1.29, 1.82) is 0 Å². The fourth-order valence-corrected chi connectivity index (χ4v) is 2.13. The minimum absolute atomic E-state index is 0.0326. The first kappa shape index (κ1) is 16.2. The minimum Gasteiger partial charge on any atom is -0.462 e. The van der Waals surface area contributed by atoms with Gasteiger partial charge in [0.15, 0.2) is 0 Å². The average Bonchev–Trinajstić information content (AvgIpc) is 2.97. The number of halogens is 1. The van der Waals surface area contributed by atoms with Crippen molar-refractivity contribution in [3.05, 3.63) is 28.1 Å². The molecule has 118 valence electrons. The van der Waals surface area contributed by atoms with Gasteiger partial charge in [0.05, 0.1) is 29.2 Å². The smallest absolute Gasteiger partial charge is 0.343 e. The Morgan fingerprint density at radius 2 is 2.09 bits per heavy atom. The molecule has 0 atom stereocenters. The van der Waals surface area contributed by atoms with Crippen molar-refractivity contribution in [2.45, 2.75) is 20.4 Å². The molecule has 0 unspecified atom stereocenters. The molecule has 2 rings (SSSR count). The van der Waals surface area contributed by atoms with E-state index in [1.807, 2.05) is 6.92 Å². The van der Waals surface area contributed by atoms with E-state index >= 15 is 0 Å². The fourth-order valence-electron chi connectivity index (χ4n) is 1.83. The fraction of sp³-hybridized carbons (Fsp3) is 0.385. The maximum absolute atomic E-state index is 12.1. The van der Waals surface area contributed by atoms with Crippen LogP contribution in [0.4, 0.5) is 5.82 Å². The minimum atomic E-state index is -0.524. The Morgan fingerprint density at radius 3 is 2.68 bits per heavy atom. The lowest BCUT2D eigenvalue weighted by Crippen LogP contribution is -2.23. The summed E-state index contributed by atoms with van der Waals surface area (Å²) in [6.07, 6.45) is 2.99. The summed E-state index contributed by atoms with van der Waals surface area (Å²) < 4.78 is 8.73. The topological polar surface area (TPSA) is 91.0 Å². The number of nitrogens with one attached hydrogen (secondary N) is 1. The molecule has 22 heavy (non-hydrogen) atoms. The molecular formula is C13H16BrN5O3. The van der Waals surface area contributed by atoms with E-state index in [1.54, 1.807) is 24.9 Å². The number of aromatic nitrogens is 4. The first-order valence-corrected chi connectivity index (χ1v) is 7.40. The third-order valence-electron chi connectivity index (χ3n) is 3.03. The number of amides is 1. The molecule has 0 spiro atoms. The molecule has 0 saturated carbocycles. The zero-order valence-electron chi connectivity index (χ0n) is 12.5. The van der Waals surface area contributed by atoms with E-state index in [0.29, 0.717) is 5.82 Å². The maximum Gasteiger partial charge on any atom is 0.343 e. The van der Waals surface area contributed by atoms with Crippen LogP contribution in [-0.4, -0.2) is 38.0 Å². The van der Waals surface area contributed by atoms with Crippen LogP contribution in [0.15, 0.2) is 16.9 Å². The second-order valence-electron chi connectivity index (χ2n) is 4.53. The SMILES string of the molecule is CCOC(=O)c1cnn(C)c1NC(=O)Cn1ncc(Br)c1C. The lowest BCUT2D eigenvalue weighted by Gasteiger charge is -2.09. The van der Waals surface area contributed by atoms with Crippen molar-refractivity contribution in [3.63, 3.8) is 0 Å². The first-order valence-electron chi connectivity index (χ1n) is 6.61. The summed E-state index contributed by atoms with van der Waals surface area (Å²) >= 11 is 3.34. The number of aryl methyl sites for hydroxylation is 1. The van der Waals surface area contributed by atoms with E-state index < -0.39 is 5.97 Å². The third kappa shape index (κ3) is 3.35. The third-order valence-corrected chi connectivity index (χ3v) is 3.81. The largest absolute Gasteiger partial charge is 0.462 e. The number of esters is 1. The van der Waals surface area contributed by atoms with Crippen LogP contribution in [0.25, 0.3) is 0 Å². The summed E-state index contributed by atoms with van der Waals surface area (Å²) in [4.78, 5) is 24.0. The summed E-state index contributed by atoms with van der Waals surface area (Å²) in [5.74, 6) is -0.538. The summed E-state index contributed by atoms with van der Waals surface area (Å²) in [6.45, 7) is 3.84. The number of hydrogen-bond acceptors (Lipinski definition) is 5. The summed E-state index contributed by atoms with van der Waals surface area (Å²) in [5.41, 5.74) is 1.06. The van der Waals surface area contributed by atoms with Crippen molar-refractivity contribution in [3.8, 4) is 0 Å². The highest BCUT2D eigenvalue weighted by atomic mass is 79.9. The normalized spacial score (nSPS) is 10.5. The van der Waals surface area contributed by atoms with Gasteiger partial charge in [-0.15, -0.1) is 0 Å². The molecule has 0 aliphatic rings. The highest BCUT2D eigenvalue weighted by molar-refractivity contribution is 9.10. The molecule has 0 aliphatic carbocycles. The predicted molar refractivity (Wildman–Crippen MR) is 82.5 cm³/mol. The molecule has 0 bridgehead atoms. The van der Waals surface area contributed by atoms with E-state index in [2.05, 4.69) is 31.4 Å². The van der Waals surface area contributed by atoms with Gasteiger partial charge in [-0.1, -0.05) is 0 Å². The average molecular weight is 370 g/mol. The zero-order valence-corrected chi connectivity index (χ0v) is 14.0. The number of carbonyl (C=O) groups is 2. The van der Waals surface area contributed by atoms with Gasteiger partial charge in [-0.2, -0.15) is 10.2 Å². The van der Waals surface area contributed by atoms with Gasteiger partial charge in [-0.25, -0.2) is 4.79 Å². The van der Waals surface area contributed by atoms with Gasteiger partial charge >= 0.3 is 5.97 Å². The van der Waals surface area contributed by atoms with E-state index in [-0.39, 0.29) is 24.6 Å². The highest BCUT2D eigenvalue weighted by Gasteiger charge is 2.19. The molecule has 0 radical (unpaired) electrons. The van der Waals surface area contributed by atoms with Crippen LogP contribution in [0.1, 0.15) is 23.0 Å². The van der Waals surface area contributed by atoms with Gasteiger partial charge < -0.3 is 10.1 Å². The molecule has 2 aromatic heterocycles. The molecule has 0 aromatic carbocycles. The zero-order chi connectivity index (χ0) is 16.3. The van der Waals surface area contributed by atoms with Crippen LogP contribution in [-0.2, 0) is 23.1 Å². The van der Waals surface area contributed by atoms with Crippen molar-refractivity contribution < 1.29 is 14.3 Å². The van der Waals surface area contributed by atoms with Crippen LogP contribution in [0.5, 0.6) is 0 Å². The van der Waals surface area contributed by atoms with E-state index in [4.69, 9.17) is 4.74 Å². The Bertz CT molecular complexity index is 707. The van der Waals surface area contributed by atoms with Gasteiger partial charge in [0.25, 0.3) is 0 Å². The van der Waals surface area contributed by atoms with Crippen molar-refractivity contribution in [2.24, 2.45) is 7.05 Å². The molecular weight excluding hydrogens is 354 g/mol. The van der Waals surface area contributed by atoms with Gasteiger partial charge in [0.2, 0.25) is 5.91 Å². The van der Waals surface area contributed by atoms with E-state index in [9.17, 15) is 9.59 Å². The van der Waals surface area contributed by atoms with Crippen LogP contribution in [0.2, 0.25) is 0 Å². The Labute approximate surface area is 135 Å². The second kappa shape index (κ2) is 6.73. The van der Waals surface area contributed by atoms with Gasteiger partial charge in [0, 0.05) is 7.05 Å². The van der Waals surface area contributed by atoms with Gasteiger partial charge in [-0.05, 0) is 29.8 Å². The van der Waals surface area contributed by atoms with E-state index in [0.717, 1.165) is 10.2 Å². The van der Waals surface area contributed by atoms with Gasteiger partial charge in [0.1, 0.15) is 17.9 Å². The standard InChI is InChI=1S/C13H16BrN5O3/c1-4-22-13(21)9-5-15-18(3)12(9)17-11(20)7-19-8(2)10(14)6-16-19/h5-6H,4,7H2,1-3H3,(H,17,20). The number of nitrogens with zero attached hydrogens (tertiary/aromatic N) is 4. The molecule has 0 saturated heterocycles. The van der Waals surface area contributed by atoms with Crippen LogP contribution in [0.3, 0.4) is 0 Å². The lowest BCUT2D eigenvalue weighted by molar-refractivity contribution is -0.117. The van der Waals surface area contributed by atoms with Crippen LogP contribution < -0.4 is 5.32 Å². The van der Waals surface area contributed by atoms with Crippen molar-refractivity contribution in [2.75, 3.05) is 11.9 Å². The Morgan fingerprint density at radius 1 is 1.36 bits per heavy atom.